The Bertz CT molecular complexity index is 3300. The molecule has 0 bridgehead atoms. The van der Waals surface area contributed by atoms with Gasteiger partial charge >= 0.3 is 0 Å². The van der Waals surface area contributed by atoms with Gasteiger partial charge in [-0.25, -0.2) is 0 Å². The Morgan fingerprint density at radius 1 is 0.377 bits per heavy atom. The lowest BCUT2D eigenvalue weighted by Gasteiger charge is -2.15. The molecule has 53 heavy (non-hydrogen) atoms. The van der Waals surface area contributed by atoms with Crippen molar-refractivity contribution >= 4 is 65.3 Å². The molecule has 1 aliphatic carbocycles. The summed E-state index contributed by atoms with van der Waals surface area (Å²) in [6, 6.07) is 66.8. The number of hydrogen-bond acceptors (Lipinski definition) is 1. The van der Waals surface area contributed by atoms with Crippen LogP contribution in [-0.2, 0) is 0 Å². The summed E-state index contributed by atoms with van der Waals surface area (Å²) < 4.78 is 9.00. The standard InChI is InChI=1S/C51H31NO/c1-2-11-36-31(10-1)20-21-32-22-25-35(30-44(32)36)52-47-18-7-5-13-38(47)46-29-34(24-27-48(46)52)33-23-26-41-45(28-33)37-12-3-4-15-40(37)50(41)43-17-9-16-42-39-14-6-8-19-49(39)53-51(42)43/h1-30,50H. The lowest BCUT2D eigenvalue weighted by atomic mass is 9.87. The molecule has 11 aromatic rings. The first kappa shape index (κ1) is 28.8. The zero-order chi connectivity index (χ0) is 34.6. The van der Waals surface area contributed by atoms with Gasteiger partial charge in [0.05, 0.1) is 11.0 Å². The Hall–Kier alpha value is -6.90. The van der Waals surface area contributed by atoms with Crippen LogP contribution in [0.4, 0.5) is 0 Å². The fraction of sp³-hybridized carbons (Fsp3) is 0.0196. The second-order valence-electron chi connectivity index (χ2n) is 14.4. The van der Waals surface area contributed by atoms with Crippen molar-refractivity contribution in [2.45, 2.75) is 5.92 Å². The Kier molecular flexibility index (Phi) is 5.86. The molecule has 0 amide bonds. The molecule has 246 valence electrons. The molecular weight excluding hydrogens is 643 g/mol. The minimum absolute atomic E-state index is 0.0963. The van der Waals surface area contributed by atoms with E-state index in [1.807, 2.05) is 6.07 Å². The van der Waals surface area contributed by atoms with E-state index in [0.717, 1.165) is 16.6 Å². The largest absolute Gasteiger partial charge is 0.456 e. The topological polar surface area (TPSA) is 18.1 Å². The molecule has 0 saturated heterocycles. The Morgan fingerprint density at radius 3 is 1.98 bits per heavy atom. The third kappa shape index (κ3) is 4.09. The third-order valence-electron chi connectivity index (χ3n) is 11.7. The van der Waals surface area contributed by atoms with Gasteiger partial charge in [0.1, 0.15) is 11.2 Å². The summed E-state index contributed by atoms with van der Waals surface area (Å²) in [7, 11) is 0. The fourth-order valence-electron chi connectivity index (χ4n) is 9.27. The zero-order valence-electron chi connectivity index (χ0n) is 28.8. The highest BCUT2D eigenvalue weighted by molar-refractivity contribution is 6.12. The summed E-state index contributed by atoms with van der Waals surface area (Å²) >= 11 is 0. The molecule has 0 N–H and O–H groups in total. The van der Waals surface area contributed by atoms with Crippen molar-refractivity contribution in [2.75, 3.05) is 0 Å². The van der Waals surface area contributed by atoms with E-state index >= 15 is 0 Å². The maximum atomic E-state index is 6.57. The molecule has 0 fully saturated rings. The molecule has 0 spiro atoms. The van der Waals surface area contributed by atoms with Gasteiger partial charge in [-0.1, -0.05) is 140 Å². The molecule has 0 aliphatic heterocycles. The van der Waals surface area contributed by atoms with Crippen molar-refractivity contribution in [3.05, 3.63) is 199 Å². The molecule has 2 heterocycles. The second-order valence-corrected chi connectivity index (χ2v) is 14.4. The van der Waals surface area contributed by atoms with Gasteiger partial charge in [0.15, 0.2) is 0 Å². The lowest BCUT2D eigenvalue weighted by Crippen LogP contribution is -1.99. The molecule has 2 heteroatoms. The summed E-state index contributed by atoms with van der Waals surface area (Å²) in [6.45, 7) is 0. The van der Waals surface area contributed by atoms with Crippen molar-refractivity contribution < 1.29 is 4.42 Å². The zero-order valence-corrected chi connectivity index (χ0v) is 28.8. The van der Waals surface area contributed by atoms with Crippen LogP contribution >= 0.6 is 0 Å². The highest BCUT2D eigenvalue weighted by Gasteiger charge is 2.32. The average Bonchev–Trinajstić information content (AvgIpc) is 3.88. The predicted octanol–water partition coefficient (Wildman–Crippen LogP) is 13.8. The van der Waals surface area contributed by atoms with E-state index in [2.05, 4.69) is 180 Å². The highest BCUT2D eigenvalue weighted by Crippen LogP contribution is 2.51. The number of para-hydroxylation sites is 3. The third-order valence-corrected chi connectivity index (χ3v) is 11.7. The van der Waals surface area contributed by atoms with Gasteiger partial charge < -0.3 is 8.98 Å². The molecular formula is C51H31NO. The molecule has 1 atom stereocenters. The molecule has 1 unspecified atom stereocenters. The SMILES string of the molecule is c1ccc2c(c1)-c1cc(-c3ccc4c(c3)c3ccccc3n4-c3ccc4ccc5ccccc5c4c3)ccc1C2c1cccc2c1oc1ccccc12. The summed E-state index contributed by atoms with van der Waals surface area (Å²) in [5.41, 5.74) is 14.4. The Labute approximate surface area is 305 Å². The number of fused-ring (bicyclic) bond motifs is 12. The van der Waals surface area contributed by atoms with Crippen molar-refractivity contribution in [1.82, 2.24) is 4.57 Å². The van der Waals surface area contributed by atoms with Gasteiger partial charge in [-0.05, 0) is 97.4 Å². The summed E-state index contributed by atoms with van der Waals surface area (Å²) in [6.07, 6.45) is 0. The van der Waals surface area contributed by atoms with Gasteiger partial charge in [0.2, 0.25) is 0 Å². The number of rotatable bonds is 3. The van der Waals surface area contributed by atoms with Crippen LogP contribution in [0, 0.1) is 0 Å². The van der Waals surface area contributed by atoms with Crippen LogP contribution in [0.1, 0.15) is 22.6 Å². The molecule has 1 aliphatic rings. The minimum Gasteiger partial charge on any atom is -0.456 e. The van der Waals surface area contributed by atoms with E-state index in [1.165, 1.54) is 93.4 Å². The monoisotopic (exact) mass is 673 g/mol. The minimum atomic E-state index is 0.0963. The van der Waals surface area contributed by atoms with Crippen molar-refractivity contribution in [2.24, 2.45) is 0 Å². The van der Waals surface area contributed by atoms with Crippen LogP contribution in [0.3, 0.4) is 0 Å². The molecule has 2 nitrogen and oxygen atoms in total. The fourth-order valence-corrected chi connectivity index (χ4v) is 9.27. The summed E-state index contributed by atoms with van der Waals surface area (Å²) in [5.74, 6) is 0.0963. The first-order valence-electron chi connectivity index (χ1n) is 18.4. The lowest BCUT2D eigenvalue weighted by molar-refractivity contribution is 0.661. The van der Waals surface area contributed by atoms with E-state index in [-0.39, 0.29) is 5.92 Å². The van der Waals surface area contributed by atoms with Crippen LogP contribution in [-0.4, -0.2) is 4.57 Å². The molecule has 0 saturated carbocycles. The van der Waals surface area contributed by atoms with Crippen LogP contribution in [0.5, 0.6) is 0 Å². The van der Waals surface area contributed by atoms with Crippen LogP contribution < -0.4 is 0 Å². The number of hydrogen-bond donors (Lipinski definition) is 0. The predicted molar refractivity (Wildman–Crippen MR) is 221 cm³/mol. The van der Waals surface area contributed by atoms with Gasteiger partial charge in [0, 0.05) is 38.7 Å². The number of benzene rings is 9. The van der Waals surface area contributed by atoms with E-state index in [1.54, 1.807) is 0 Å². The van der Waals surface area contributed by atoms with Crippen LogP contribution in [0.25, 0.3) is 93.2 Å². The smallest absolute Gasteiger partial charge is 0.139 e. The molecule has 0 radical (unpaired) electrons. The van der Waals surface area contributed by atoms with Gasteiger partial charge in [-0.3, -0.25) is 0 Å². The Balaban J connectivity index is 1.02. The van der Waals surface area contributed by atoms with Crippen LogP contribution in [0.15, 0.2) is 186 Å². The second kappa shape index (κ2) is 10.8. The van der Waals surface area contributed by atoms with Crippen molar-refractivity contribution in [3.63, 3.8) is 0 Å². The van der Waals surface area contributed by atoms with Crippen molar-refractivity contribution in [1.29, 1.82) is 0 Å². The average molecular weight is 674 g/mol. The van der Waals surface area contributed by atoms with Crippen LogP contribution in [0.2, 0.25) is 0 Å². The number of furan rings is 1. The first-order chi connectivity index (χ1) is 26.3. The van der Waals surface area contributed by atoms with E-state index in [9.17, 15) is 0 Å². The number of nitrogens with zero attached hydrogens (tertiary/aromatic N) is 1. The maximum absolute atomic E-state index is 6.57. The highest BCUT2D eigenvalue weighted by atomic mass is 16.3. The molecule has 2 aromatic heterocycles. The summed E-state index contributed by atoms with van der Waals surface area (Å²) in [4.78, 5) is 0. The molecule has 9 aromatic carbocycles. The van der Waals surface area contributed by atoms with E-state index < -0.39 is 0 Å². The number of aromatic nitrogens is 1. The van der Waals surface area contributed by atoms with Crippen molar-refractivity contribution in [3.8, 4) is 27.9 Å². The van der Waals surface area contributed by atoms with Gasteiger partial charge in [0.25, 0.3) is 0 Å². The van der Waals surface area contributed by atoms with E-state index in [4.69, 9.17) is 4.42 Å². The molecule has 12 rings (SSSR count). The maximum Gasteiger partial charge on any atom is 0.139 e. The summed E-state index contributed by atoms with van der Waals surface area (Å²) in [5, 5.41) is 9.92. The first-order valence-corrected chi connectivity index (χ1v) is 18.4. The van der Waals surface area contributed by atoms with E-state index in [0.29, 0.717) is 0 Å². The van der Waals surface area contributed by atoms with Gasteiger partial charge in [-0.15, -0.1) is 0 Å². The van der Waals surface area contributed by atoms with Gasteiger partial charge in [-0.2, -0.15) is 0 Å². The quantitative estimate of drug-likeness (QED) is 0.171. The normalized spacial score (nSPS) is 13.8. The Morgan fingerprint density at radius 2 is 1.04 bits per heavy atom.